The molecule has 20 heavy (non-hydrogen) atoms. The van der Waals surface area contributed by atoms with Crippen LogP contribution in [0.25, 0.3) is 0 Å². The van der Waals surface area contributed by atoms with Crippen LogP contribution in [-0.2, 0) is 0 Å². The summed E-state index contributed by atoms with van der Waals surface area (Å²) in [4.78, 5) is 0. The molecule has 1 aliphatic carbocycles. The molecule has 112 valence electrons. The fourth-order valence-electron chi connectivity index (χ4n) is 2.92. The van der Waals surface area contributed by atoms with Crippen LogP contribution in [0.15, 0.2) is 18.2 Å². The summed E-state index contributed by atoms with van der Waals surface area (Å²) in [6, 6.07) is 3.26. The summed E-state index contributed by atoms with van der Waals surface area (Å²) in [5.41, 5.74) is 0.0265. The second-order valence-corrected chi connectivity index (χ2v) is 5.75. The van der Waals surface area contributed by atoms with Crippen molar-refractivity contribution < 1.29 is 13.9 Å². The molecule has 0 radical (unpaired) electrons. The topological polar surface area (TPSA) is 32.3 Å². The first-order valence-corrected chi connectivity index (χ1v) is 7.47. The maximum Gasteiger partial charge on any atom is 0.129 e. The van der Waals surface area contributed by atoms with Gasteiger partial charge in [-0.1, -0.05) is 25.7 Å². The Kier molecular flexibility index (Phi) is 5.49. The molecule has 0 saturated heterocycles. The predicted octanol–water partition coefficient (Wildman–Crippen LogP) is 3.70. The average Bonchev–Trinajstić information content (AvgIpc) is 2.69. The third-order valence-electron chi connectivity index (χ3n) is 4.10. The van der Waals surface area contributed by atoms with Crippen molar-refractivity contribution in [2.75, 3.05) is 0 Å². The minimum Gasteiger partial charge on any atom is -0.387 e. The van der Waals surface area contributed by atoms with Gasteiger partial charge in [0, 0.05) is 17.6 Å². The van der Waals surface area contributed by atoms with E-state index in [9.17, 15) is 13.9 Å². The van der Waals surface area contributed by atoms with Crippen LogP contribution >= 0.6 is 0 Å². The van der Waals surface area contributed by atoms with E-state index >= 15 is 0 Å². The van der Waals surface area contributed by atoms with E-state index in [2.05, 4.69) is 5.32 Å². The van der Waals surface area contributed by atoms with E-state index in [4.69, 9.17) is 0 Å². The summed E-state index contributed by atoms with van der Waals surface area (Å²) < 4.78 is 26.9. The molecule has 2 atom stereocenters. The lowest BCUT2D eigenvalue weighted by Crippen LogP contribution is -2.40. The van der Waals surface area contributed by atoms with E-state index in [-0.39, 0.29) is 11.6 Å². The zero-order chi connectivity index (χ0) is 14.5. The zero-order valence-corrected chi connectivity index (χ0v) is 11.9. The van der Waals surface area contributed by atoms with Gasteiger partial charge in [0.1, 0.15) is 11.6 Å². The Morgan fingerprint density at radius 3 is 2.45 bits per heavy atom. The van der Waals surface area contributed by atoms with Crippen molar-refractivity contribution in [2.24, 2.45) is 0 Å². The minimum absolute atomic E-state index is 0.0265. The van der Waals surface area contributed by atoms with Crippen molar-refractivity contribution in [3.63, 3.8) is 0 Å². The lowest BCUT2D eigenvalue weighted by atomic mass is 10.0. The Bertz CT molecular complexity index is 430. The largest absolute Gasteiger partial charge is 0.387 e. The van der Waals surface area contributed by atoms with Gasteiger partial charge in [-0.15, -0.1) is 0 Å². The number of halogens is 2. The molecule has 2 nitrogen and oxygen atoms in total. The molecule has 1 aromatic rings. The van der Waals surface area contributed by atoms with Gasteiger partial charge >= 0.3 is 0 Å². The highest BCUT2D eigenvalue weighted by molar-refractivity contribution is 5.22. The smallest absolute Gasteiger partial charge is 0.129 e. The van der Waals surface area contributed by atoms with E-state index in [1.165, 1.54) is 25.7 Å². The predicted molar refractivity (Wildman–Crippen MR) is 75.4 cm³/mol. The molecule has 0 aliphatic heterocycles. The molecule has 2 N–H and O–H groups in total. The molecule has 1 aliphatic rings. The fraction of sp³-hybridized carbons (Fsp3) is 0.625. The first kappa shape index (κ1) is 15.4. The molecule has 0 heterocycles. The molecule has 2 rings (SSSR count). The van der Waals surface area contributed by atoms with Crippen molar-refractivity contribution >= 4 is 0 Å². The second-order valence-electron chi connectivity index (χ2n) is 5.75. The van der Waals surface area contributed by atoms with Crippen LogP contribution in [0.4, 0.5) is 8.78 Å². The van der Waals surface area contributed by atoms with Crippen LogP contribution in [0.1, 0.15) is 57.1 Å². The lowest BCUT2D eigenvalue weighted by molar-refractivity contribution is 0.123. The average molecular weight is 283 g/mol. The van der Waals surface area contributed by atoms with Gasteiger partial charge in [-0.3, -0.25) is 0 Å². The summed E-state index contributed by atoms with van der Waals surface area (Å²) in [5, 5.41) is 13.6. The van der Waals surface area contributed by atoms with Crippen LogP contribution in [0, 0.1) is 11.6 Å². The number of rotatable bonds is 4. The number of hydrogen-bond acceptors (Lipinski definition) is 2. The lowest BCUT2D eigenvalue weighted by Gasteiger charge is -2.26. The number of aliphatic hydroxyl groups excluding tert-OH is 1. The van der Waals surface area contributed by atoms with Crippen LogP contribution in [0.2, 0.25) is 0 Å². The van der Waals surface area contributed by atoms with Crippen molar-refractivity contribution in [2.45, 2.75) is 63.6 Å². The quantitative estimate of drug-likeness (QED) is 0.826. The van der Waals surface area contributed by atoms with E-state index in [1.807, 2.05) is 6.92 Å². The number of nitrogens with one attached hydrogen (secondary N) is 1. The highest BCUT2D eigenvalue weighted by atomic mass is 19.1. The minimum atomic E-state index is -1.03. The van der Waals surface area contributed by atoms with Gasteiger partial charge in [0.25, 0.3) is 0 Å². The van der Waals surface area contributed by atoms with E-state index in [0.29, 0.717) is 6.04 Å². The van der Waals surface area contributed by atoms with E-state index in [1.54, 1.807) is 0 Å². The maximum atomic E-state index is 13.7. The summed E-state index contributed by atoms with van der Waals surface area (Å²) in [6.45, 7) is 1.82. The summed E-state index contributed by atoms with van der Waals surface area (Å²) in [7, 11) is 0. The second kappa shape index (κ2) is 7.14. The fourth-order valence-corrected chi connectivity index (χ4v) is 2.92. The summed E-state index contributed by atoms with van der Waals surface area (Å²) in [5.74, 6) is -1.09. The van der Waals surface area contributed by atoms with Crippen LogP contribution in [0.5, 0.6) is 0 Å². The number of aliphatic hydroxyl groups is 1. The van der Waals surface area contributed by atoms with Crippen molar-refractivity contribution in [3.8, 4) is 0 Å². The number of hydrogen-bond donors (Lipinski definition) is 2. The number of benzene rings is 1. The van der Waals surface area contributed by atoms with Gasteiger partial charge in [0.2, 0.25) is 0 Å². The Morgan fingerprint density at radius 2 is 1.80 bits per heavy atom. The third kappa shape index (κ3) is 4.00. The molecule has 4 heteroatoms. The standard InChI is InChI=1S/C16H23F2NO/c1-11(19-13-6-4-2-3-5-7-13)16(20)14-10-12(17)8-9-15(14)18/h8-11,13,16,19-20H,2-7H2,1H3. The first-order chi connectivity index (χ1) is 9.58. The highest BCUT2D eigenvalue weighted by Crippen LogP contribution is 2.23. The highest BCUT2D eigenvalue weighted by Gasteiger charge is 2.23. The van der Waals surface area contributed by atoms with E-state index < -0.39 is 17.7 Å². The molecule has 1 fully saturated rings. The van der Waals surface area contributed by atoms with Gasteiger partial charge in [-0.2, -0.15) is 0 Å². The zero-order valence-electron chi connectivity index (χ0n) is 11.9. The van der Waals surface area contributed by atoms with Gasteiger partial charge in [0.05, 0.1) is 6.10 Å². The Morgan fingerprint density at radius 1 is 1.15 bits per heavy atom. The summed E-state index contributed by atoms with van der Waals surface area (Å²) in [6.07, 6.45) is 6.03. The maximum absolute atomic E-state index is 13.7. The van der Waals surface area contributed by atoms with Crippen molar-refractivity contribution in [1.82, 2.24) is 5.32 Å². The normalized spacial score (nSPS) is 20.4. The molecular weight excluding hydrogens is 260 g/mol. The molecule has 1 aromatic carbocycles. The molecule has 0 amide bonds. The van der Waals surface area contributed by atoms with E-state index in [0.717, 1.165) is 31.0 Å². The van der Waals surface area contributed by atoms with Crippen LogP contribution in [0.3, 0.4) is 0 Å². The Balaban J connectivity index is 2.00. The molecule has 0 spiro atoms. The van der Waals surface area contributed by atoms with Crippen molar-refractivity contribution in [1.29, 1.82) is 0 Å². The molecule has 0 aromatic heterocycles. The Labute approximate surface area is 119 Å². The third-order valence-corrected chi connectivity index (χ3v) is 4.10. The molecule has 1 saturated carbocycles. The van der Waals surface area contributed by atoms with Crippen LogP contribution < -0.4 is 5.32 Å². The molecule has 2 unspecified atom stereocenters. The van der Waals surface area contributed by atoms with Gasteiger partial charge in [-0.05, 0) is 38.0 Å². The SMILES string of the molecule is CC(NC1CCCCCC1)C(O)c1cc(F)ccc1F. The molecule has 0 bridgehead atoms. The summed E-state index contributed by atoms with van der Waals surface area (Å²) >= 11 is 0. The monoisotopic (exact) mass is 283 g/mol. The van der Waals surface area contributed by atoms with Gasteiger partial charge in [0.15, 0.2) is 0 Å². The van der Waals surface area contributed by atoms with Gasteiger partial charge in [-0.25, -0.2) is 8.78 Å². The molecular formula is C16H23F2NO. The Hall–Kier alpha value is -1.00. The van der Waals surface area contributed by atoms with Crippen LogP contribution in [-0.4, -0.2) is 17.2 Å². The first-order valence-electron chi connectivity index (χ1n) is 7.47. The van der Waals surface area contributed by atoms with Crippen molar-refractivity contribution in [3.05, 3.63) is 35.4 Å². The van der Waals surface area contributed by atoms with Gasteiger partial charge < -0.3 is 10.4 Å².